The molecule has 1 heteroatoms. The molecular formula is C16H16P+. The summed E-state index contributed by atoms with van der Waals surface area (Å²) in [5, 5.41) is 2.99. The third-order valence-electron chi connectivity index (χ3n) is 3.56. The summed E-state index contributed by atoms with van der Waals surface area (Å²) < 4.78 is 0. The van der Waals surface area contributed by atoms with E-state index < -0.39 is 7.26 Å². The van der Waals surface area contributed by atoms with Crippen LogP contribution in [0.2, 0.25) is 0 Å². The first-order valence-electron chi connectivity index (χ1n) is 5.92. The molecule has 0 saturated heterocycles. The lowest BCUT2D eigenvalue weighted by atomic mass is 10.2. The normalized spacial score (nSPS) is 21.5. The third kappa shape index (κ3) is 1.64. The molecule has 0 aliphatic carbocycles. The van der Waals surface area contributed by atoms with Gasteiger partial charge in [0.05, 0.1) is 12.5 Å². The van der Waals surface area contributed by atoms with Crippen LogP contribution in [-0.4, -0.2) is 6.66 Å². The van der Waals surface area contributed by atoms with Crippen molar-refractivity contribution in [3.63, 3.8) is 0 Å². The predicted molar refractivity (Wildman–Crippen MR) is 78.8 cm³/mol. The van der Waals surface area contributed by atoms with Gasteiger partial charge in [0.1, 0.15) is 17.9 Å². The molecule has 1 atom stereocenters. The van der Waals surface area contributed by atoms with Gasteiger partial charge in [-0.2, -0.15) is 0 Å². The molecule has 1 heterocycles. The summed E-state index contributed by atoms with van der Waals surface area (Å²) in [7, 11) is -1.26. The number of fused-ring (bicyclic) bond motifs is 1. The molecule has 0 amide bonds. The lowest BCUT2D eigenvalue weighted by Crippen LogP contribution is -2.18. The van der Waals surface area contributed by atoms with Gasteiger partial charge in [-0.25, -0.2) is 0 Å². The lowest BCUT2D eigenvalue weighted by Gasteiger charge is -2.16. The molecule has 1 unspecified atom stereocenters. The van der Waals surface area contributed by atoms with Gasteiger partial charge in [0.15, 0.2) is 0 Å². The van der Waals surface area contributed by atoms with Gasteiger partial charge in [-0.3, -0.25) is 0 Å². The molecule has 2 aromatic rings. The summed E-state index contributed by atoms with van der Waals surface area (Å²) in [6.07, 6.45) is 2.28. The fourth-order valence-corrected chi connectivity index (χ4v) is 5.36. The molecule has 0 aromatic heterocycles. The van der Waals surface area contributed by atoms with E-state index in [1.165, 1.54) is 21.7 Å². The number of hydrogen-bond donors (Lipinski definition) is 0. The molecule has 0 radical (unpaired) electrons. The number of aryl methyl sites for hydroxylation is 1. The average Bonchev–Trinajstić information content (AvgIpc) is 2.70. The second-order valence-electron chi connectivity index (χ2n) is 4.79. The molecule has 1 aliphatic rings. The Morgan fingerprint density at radius 1 is 0.882 bits per heavy atom. The standard InChI is InChI=1S/C16H16P/c1-13-7-9-15(10-8-13)17(2)12-11-14-5-3-4-6-16(14)17/h3-12H,1-2H3/q+1. The van der Waals surface area contributed by atoms with Gasteiger partial charge in [0, 0.05) is 5.56 Å². The Morgan fingerprint density at radius 3 is 2.35 bits per heavy atom. The SMILES string of the molecule is Cc1ccc([P+]2(C)C=Cc3ccccc32)cc1. The van der Waals surface area contributed by atoms with Gasteiger partial charge >= 0.3 is 0 Å². The molecule has 2 aromatic carbocycles. The third-order valence-corrected chi connectivity index (χ3v) is 7.08. The topological polar surface area (TPSA) is 0 Å². The van der Waals surface area contributed by atoms with E-state index in [1.54, 1.807) is 0 Å². The monoisotopic (exact) mass is 239 g/mol. The largest absolute Gasteiger partial charge is 0.111 e. The summed E-state index contributed by atoms with van der Waals surface area (Å²) >= 11 is 0. The zero-order valence-corrected chi connectivity index (χ0v) is 11.1. The fourth-order valence-electron chi connectivity index (χ4n) is 2.44. The molecular weight excluding hydrogens is 223 g/mol. The molecule has 1 aliphatic heterocycles. The average molecular weight is 239 g/mol. The number of rotatable bonds is 1. The van der Waals surface area contributed by atoms with Gasteiger partial charge in [-0.05, 0) is 31.2 Å². The highest BCUT2D eigenvalue weighted by Crippen LogP contribution is 2.58. The summed E-state index contributed by atoms with van der Waals surface area (Å²) in [5.41, 5.74) is 2.72. The second-order valence-corrected chi connectivity index (χ2v) is 8.23. The van der Waals surface area contributed by atoms with E-state index in [2.05, 4.69) is 74.0 Å². The molecule has 0 N–H and O–H groups in total. The van der Waals surface area contributed by atoms with Crippen molar-refractivity contribution in [3.05, 3.63) is 65.5 Å². The highest BCUT2D eigenvalue weighted by molar-refractivity contribution is 7.92. The van der Waals surface area contributed by atoms with Crippen LogP contribution in [0.5, 0.6) is 0 Å². The van der Waals surface area contributed by atoms with Crippen LogP contribution in [0.3, 0.4) is 0 Å². The van der Waals surface area contributed by atoms with E-state index in [0.717, 1.165) is 0 Å². The molecule has 0 saturated carbocycles. The Morgan fingerprint density at radius 2 is 1.59 bits per heavy atom. The van der Waals surface area contributed by atoms with Crippen molar-refractivity contribution in [2.24, 2.45) is 0 Å². The maximum atomic E-state index is 2.42. The van der Waals surface area contributed by atoms with Gasteiger partial charge in [-0.1, -0.05) is 35.9 Å². The Balaban J connectivity index is 2.15. The molecule has 84 valence electrons. The minimum absolute atomic E-state index is 1.26. The maximum absolute atomic E-state index is 2.42. The van der Waals surface area contributed by atoms with E-state index >= 15 is 0 Å². The smallest absolute Gasteiger partial charge is 0.0614 e. The Kier molecular flexibility index (Phi) is 2.42. The molecule has 0 bridgehead atoms. The van der Waals surface area contributed by atoms with Crippen LogP contribution in [0.1, 0.15) is 11.1 Å². The lowest BCUT2D eigenvalue weighted by molar-refractivity contribution is 1.49. The molecule has 17 heavy (non-hydrogen) atoms. The van der Waals surface area contributed by atoms with Crippen LogP contribution in [0.25, 0.3) is 6.08 Å². The van der Waals surface area contributed by atoms with E-state index in [4.69, 9.17) is 0 Å². The second kappa shape index (κ2) is 3.82. The summed E-state index contributed by atoms with van der Waals surface area (Å²) in [6.45, 7) is 4.54. The first-order chi connectivity index (χ1) is 8.20. The summed E-state index contributed by atoms with van der Waals surface area (Å²) in [6, 6.07) is 17.8. The Labute approximate surface area is 103 Å². The van der Waals surface area contributed by atoms with E-state index in [0.29, 0.717) is 0 Å². The van der Waals surface area contributed by atoms with Crippen molar-refractivity contribution in [1.82, 2.24) is 0 Å². The zero-order chi connectivity index (χ0) is 11.9. The van der Waals surface area contributed by atoms with E-state index in [-0.39, 0.29) is 0 Å². The van der Waals surface area contributed by atoms with E-state index in [1.807, 2.05) is 0 Å². The predicted octanol–water partition coefficient (Wildman–Crippen LogP) is 3.58. The van der Waals surface area contributed by atoms with Crippen molar-refractivity contribution in [2.45, 2.75) is 6.92 Å². The van der Waals surface area contributed by atoms with Crippen molar-refractivity contribution < 1.29 is 0 Å². The van der Waals surface area contributed by atoms with Crippen LogP contribution < -0.4 is 10.6 Å². The van der Waals surface area contributed by atoms with Crippen molar-refractivity contribution in [2.75, 3.05) is 6.66 Å². The van der Waals surface area contributed by atoms with Crippen molar-refractivity contribution >= 4 is 23.9 Å². The highest BCUT2D eigenvalue weighted by Gasteiger charge is 2.39. The molecule has 3 rings (SSSR count). The summed E-state index contributed by atoms with van der Waals surface area (Å²) in [4.78, 5) is 0. The highest BCUT2D eigenvalue weighted by atomic mass is 31.2. The zero-order valence-electron chi connectivity index (χ0n) is 10.2. The molecule has 0 spiro atoms. The molecule has 0 nitrogen and oxygen atoms in total. The first-order valence-corrected chi connectivity index (χ1v) is 8.23. The first kappa shape index (κ1) is 10.7. The van der Waals surface area contributed by atoms with Crippen molar-refractivity contribution in [3.8, 4) is 0 Å². The quantitative estimate of drug-likeness (QED) is 0.667. The van der Waals surface area contributed by atoms with E-state index in [9.17, 15) is 0 Å². The van der Waals surface area contributed by atoms with Crippen LogP contribution in [0.4, 0.5) is 0 Å². The minimum Gasteiger partial charge on any atom is -0.0614 e. The Bertz CT molecular complexity index is 581. The van der Waals surface area contributed by atoms with Crippen LogP contribution >= 0.6 is 7.26 Å². The van der Waals surface area contributed by atoms with Crippen molar-refractivity contribution in [1.29, 1.82) is 0 Å². The Hall–Kier alpha value is -1.39. The number of benzene rings is 2. The van der Waals surface area contributed by atoms with Gasteiger partial charge in [0.2, 0.25) is 0 Å². The minimum atomic E-state index is -1.26. The van der Waals surface area contributed by atoms with Crippen LogP contribution in [0, 0.1) is 6.92 Å². The van der Waals surface area contributed by atoms with Gasteiger partial charge < -0.3 is 0 Å². The van der Waals surface area contributed by atoms with Gasteiger partial charge in [0.25, 0.3) is 0 Å². The summed E-state index contributed by atoms with van der Waals surface area (Å²) in [5.74, 6) is 2.42. The fraction of sp³-hybridized carbons (Fsp3) is 0.125. The van der Waals surface area contributed by atoms with Gasteiger partial charge in [-0.15, -0.1) is 0 Å². The number of hydrogen-bond acceptors (Lipinski definition) is 0. The van der Waals surface area contributed by atoms with Crippen LogP contribution in [-0.2, 0) is 0 Å². The maximum Gasteiger partial charge on any atom is 0.111 e. The van der Waals surface area contributed by atoms with Crippen LogP contribution in [0.15, 0.2) is 54.3 Å². The molecule has 0 fully saturated rings.